The summed E-state index contributed by atoms with van der Waals surface area (Å²) in [6.07, 6.45) is 1.98. The Morgan fingerprint density at radius 3 is 1.97 bits per heavy atom. The van der Waals surface area contributed by atoms with Crippen LogP contribution in [0.15, 0.2) is 48.5 Å². The van der Waals surface area contributed by atoms with Gasteiger partial charge in [-0.1, -0.05) is 12.1 Å². The summed E-state index contributed by atoms with van der Waals surface area (Å²) >= 11 is 0. The predicted octanol–water partition coefficient (Wildman–Crippen LogP) is 2.74. The number of hydrogen-bond acceptors (Lipinski definition) is 3. The summed E-state index contributed by atoms with van der Waals surface area (Å²) in [6.45, 7) is 1.97. The first kappa shape index (κ1) is 19.5. The molecule has 0 bridgehead atoms. The Hall–Kier alpha value is -2.80. The van der Waals surface area contributed by atoms with E-state index in [-0.39, 0.29) is 29.5 Å². The molecule has 4 rings (SSSR count). The van der Waals surface area contributed by atoms with E-state index in [0.29, 0.717) is 31.7 Å². The van der Waals surface area contributed by atoms with Crippen LogP contribution in [0.2, 0.25) is 0 Å². The van der Waals surface area contributed by atoms with Gasteiger partial charge in [-0.15, -0.1) is 0 Å². The molecule has 1 atom stereocenters. The van der Waals surface area contributed by atoms with E-state index < -0.39 is 6.04 Å². The van der Waals surface area contributed by atoms with Gasteiger partial charge in [0.15, 0.2) is 0 Å². The maximum atomic E-state index is 13.4. The first-order chi connectivity index (χ1) is 14.0. The molecule has 1 saturated heterocycles. The molecule has 1 unspecified atom stereocenters. The minimum atomic E-state index is -0.515. The highest BCUT2D eigenvalue weighted by Gasteiger charge is 2.34. The summed E-state index contributed by atoms with van der Waals surface area (Å²) in [7, 11) is 0. The summed E-state index contributed by atoms with van der Waals surface area (Å²) in [5.74, 6) is -0.956. The lowest BCUT2D eigenvalue weighted by Gasteiger charge is -2.38. The van der Waals surface area contributed by atoms with E-state index in [2.05, 4.69) is 5.32 Å². The number of benzene rings is 2. The van der Waals surface area contributed by atoms with Crippen molar-refractivity contribution in [1.82, 2.24) is 15.1 Å². The SMILES string of the molecule is O=C(NC1CC1)C(c1ccc(F)cc1)N1CCN(C(=O)c2ccc(F)cc2)CC1. The summed E-state index contributed by atoms with van der Waals surface area (Å²) < 4.78 is 26.5. The average molecular weight is 399 g/mol. The van der Waals surface area contributed by atoms with Gasteiger partial charge in [-0.05, 0) is 54.8 Å². The molecule has 1 heterocycles. The quantitative estimate of drug-likeness (QED) is 0.841. The average Bonchev–Trinajstić information content (AvgIpc) is 3.54. The van der Waals surface area contributed by atoms with E-state index in [9.17, 15) is 18.4 Å². The summed E-state index contributed by atoms with van der Waals surface area (Å²) in [5.41, 5.74) is 1.18. The number of nitrogens with one attached hydrogen (secondary N) is 1. The number of rotatable bonds is 5. The Labute approximate surface area is 168 Å². The topological polar surface area (TPSA) is 52.7 Å². The van der Waals surface area contributed by atoms with Gasteiger partial charge < -0.3 is 10.2 Å². The third-order valence-electron chi connectivity index (χ3n) is 5.42. The zero-order valence-corrected chi connectivity index (χ0v) is 16.0. The largest absolute Gasteiger partial charge is 0.352 e. The standard InChI is InChI=1S/C22H23F2N3O2/c23-17-5-1-15(2-6-17)20(21(28)25-19-9-10-19)26-11-13-27(14-12-26)22(29)16-3-7-18(24)8-4-16/h1-8,19-20H,9-14H2,(H,25,28). The first-order valence-electron chi connectivity index (χ1n) is 9.86. The number of nitrogens with zero attached hydrogens (tertiary/aromatic N) is 2. The lowest BCUT2D eigenvalue weighted by molar-refractivity contribution is -0.127. The van der Waals surface area contributed by atoms with Gasteiger partial charge in [0.05, 0.1) is 0 Å². The van der Waals surface area contributed by atoms with Gasteiger partial charge in [-0.25, -0.2) is 8.78 Å². The zero-order chi connectivity index (χ0) is 20.4. The molecule has 2 fully saturated rings. The summed E-state index contributed by atoms with van der Waals surface area (Å²) in [5, 5.41) is 3.04. The molecule has 0 radical (unpaired) electrons. The summed E-state index contributed by atoms with van der Waals surface area (Å²) in [4.78, 5) is 29.3. The van der Waals surface area contributed by atoms with Crippen molar-refractivity contribution in [2.75, 3.05) is 26.2 Å². The van der Waals surface area contributed by atoms with Crippen LogP contribution in [0.25, 0.3) is 0 Å². The van der Waals surface area contributed by atoms with E-state index in [4.69, 9.17) is 0 Å². The van der Waals surface area contributed by atoms with Gasteiger partial charge in [-0.3, -0.25) is 14.5 Å². The monoisotopic (exact) mass is 399 g/mol. The van der Waals surface area contributed by atoms with Crippen molar-refractivity contribution < 1.29 is 18.4 Å². The second kappa shape index (κ2) is 8.29. The molecule has 2 aromatic rings. The van der Waals surface area contributed by atoms with Gasteiger partial charge in [0.1, 0.15) is 17.7 Å². The van der Waals surface area contributed by atoms with Gasteiger partial charge in [0.25, 0.3) is 5.91 Å². The van der Waals surface area contributed by atoms with Gasteiger partial charge in [0.2, 0.25) is 5.91 Å². The number of halogens is 2. The molecule has 1 saturated carbocycles. The molecule has 2 aromatic carbocycles. The van der Waals surface area contributed by atoms with Gasteiger partial charge in [-0.2, -0.15) is 0 Å². The highest BCUT2D eigenvalue weighted by molar-refractivity contribution is 5.94. The molecular weight excluding hydrogens is 376 g/mol. The first-order valence-corrected chi connectivity index (χ1v) is 9.86. The van der Waals surface area contributed by atoms with E-state index in [1.165, 1.54) is 36.4 Å². The second-order valence-electron chi connectivity index (χ2n) is 7.57. The van der Waals surface area contributed by atoms with Crippen molar-refractivity contribution in [3.8, 4) is 0 Å². The van der Waals surface area contributed by atoms with Crippen LogP contribution in [0.3, 0.4) is 0 Å². The van der Waals surface area contributed by atoms with Crippen molar-refractivity contribution in [3.63, 3.8) is 0 Å². The van der Waals surface area contributed by atoms with Crippen molar-refractivity contribution >= 4 is 11.8 Å². The van der Waals surface area contributed by atoms with Crippen LogP contribution in [0.5, 0.6) is 0 Å². The normalized spacial score (nSPS) is 18.3. The molecule has 0 aromatic heterocycles. The van der Waals surface area contributed by atoms with E-state index in [0.717, 1.165) is 18.4 Å². The van der Waals surface area contributed by atoms with E-state index >= 15 is 0 Å². The molecule has 1 aliphatic carbocycles. The highest BCUT2D eigenvalue weighted by Crippen LogP contribution is 2.26. The molecule has 1 aliphatic heterocycles. The van der Waals surface area contributed by atoms with Crippen LogP contribution in [-0.4, -0.2) is 53.8 Å². The Balaban J connectivity index is 1.45. The third kappa shape index (κ3) is 4.62. The fraction of sp³-hybridized carbons (Fsp3) is 0.364. The smallest absolute Gasteiger partial charge is 0.253 e. The van der Waals surface area contributed by atoms with Crippen molar-refractivity contribution in [2.45, 2.75) is 24.9 Å². The Kier molecular flexibility index (Phi) is 5.58. The number of hydrogen-bond donors (Lipinski definition) is 1. The maximum absolute atomic E-state index is 13.4. The molecule has 2 amide bonds. The summed E-state index contributed by atoms with van der Waals surface area (Å²) in [6, 6.07) is 11.2. The fourth-order valence-electron chi connectivity index (χ4n) is 3.64. The van der Waals surface area contributed by atoms with Crippen LogP contribution in [0.4, 0.5) is 8.78 Å². The lowest BCUT2D eigenvalue weighted by Crippen LogP contribution is -2.52. The van der Waals surface area contributed by atoms with Crippen molar-refractivity contribution in [3.05, 3.63) is 71.3 Å². The Morgan fingerprint density at radius 1 is 0.862 bits per heavy atom. The van der Waals surface area contributed by atoms with Crippen LogP contribution in [-0.2, 0) is 4.79 Å². The zero-order valence-electron chi connectivity index (χ0n) is 16.0. The third-order valence-corrected chi connectivity index (χ3v) is 5.42. The van der Waals surface area contributed by atoms with Crippen LogP contribution in [0.1, 0.15) is 34.8 Å². The molecule has 0 spiro atoms. The Morgan fingerprint density at radius 2 is 1.41 bits per heavy atom. The molecule has 1 N–H and O–H groups in total. The number of piperazine rings is 1. The van der Waals surface area contributed by atoms with E-state index in [1.807, 2.05) is 4.90 Å². The van der Waals surface area contributed by atoms with Gasteiger partial charge >= 0.3 is 0 Å². The molecule has 7 heteroatoms. The predicted molar refractivity (Wildman–Crippen MR) is 104 cm³/mol. The maximum Gasteiger partial charge on any atom is 0.253 e. The number of amides is 2. The fourth-order valence-corrected chi connectivity index (χ4v) is 3.64. The van der Waals surface area contributed by atoms with Crippen molar-refractivity contribution in [1.29, 1.82) is 0 Å². The number of carbonyl (C=O) groups is 2. The van der Waals surface area contributed by atoms with Crippen LogP contribution < -0.4 is 5.32 Å². The van der Waals surface area contributed by atoms with Crippen LogP contribution >= 0.6 is 0 Å². The lowest BCUT2D eigenvalue weighted by atomic mass is 10.0. The number of carbonyl (C=O) groups excluding carboxylic acids is 2. The van der Waals surface area contributed by atoms with Crippen molar-refractivity contribution in [2.24, 2.45) is 0 Å². The highest BCUT2D eigenvalue weighted by atomic mass is 19.1. The van der Waals surface area contributed by atoms with Crippen LogP contribution in [0, 0.1) is 11.6 Å². The Bertz CT molecular complexity index is 874. The molecule has 152 valence electrons. The minimum Gasteiger partial charge on any atom is -0.352 e. The van der Waals surface area contributed by atoms with Gasteiger partial charge in [0, 0.05) is 37.8 Å². The van der Waals surface area contributed by atoms with E-state index in [1.54, 1.807) is 17.0 Å². The molecule has 5 nitrogen and oxygen atoms in total. The minimum absolute atomic E-state index is 0.0857. The second-order valence-corrected chi connectivity index (χ2v) is 7.57. The molecular formula is C22H23F2N3O2. The molecule has 2 aliphatic rings. The molecule has 29 heavy (non-hydrogen) atoms.